The summed E-state index contributed by atoms with van der Waals surface area (Å²) in [5, 5.41) is 9.91. The molecule has 0 atom stereocenters. The van der Waals surface area contributed by atoms with Crippen LogP contribution in [0.15, 0.2) is 40.9 Å². The highest BCUT2D eigenvalue weighted by atomic mass is 32.2. The molecule has 21 heavy (non-hydrogen) atoms. The van der Waals surface area contributed by atoms with Crippen LogP contribution in [0.2, 0.25) is 0 Å². The zero-order valence-electron chi connectivity index (χ0n) is 11.0. The number of hydrogen-bond donors (Lipinski definition) is 3. The summed E-state index contributed by atoms with van der Waals surface area (Å²) < 4.78 is 22.4. The van der Waals surface area contributed by atoms with Crippen molar-refractivity contribution in [1.82, 2.24) is 9.97 Å². The summed E-state index contributed by atoms with van der Waals surface area (Å²) in [5.74, 6) is 0. The van der Waals surface area contributed by atoms with Crippen LogP contribution in [0.4, 0.5) is 5.13 Å². The molecular formula is C13H14N4O2S2. The van der Waals surface area contributed by atoms with Crippen molar-refractivity contribution in [2.75, 3.05) is 11.9 Å². The zero-order chi connectivity index (χ0) is 14.9. The number of nitrogens with zero attached hydrogens (tertiary/aromatic N) is 1. The summed E-state index contributed by atoms with van der Waals surface area (Å²) in [6.07, 6.45) is 4.08. The SMILES string of the molecule is NS(=O)(=O)c1cnc(NCCc2c[nH]c3ccccc23)s1. The van der Waals surface area contributed by atoms with E-state index in [1.807, 2.05) is 24.4 Å². The Balaban J connectivity index is 1.65. The molecule has 0 aliphatic rings. The van der Waals surface area contributed by atoms with E-state index in [1.54, 1.807) is 0 Å². The number of aromatic nitrogens is 2. The van der Waals surface area contributed by atoms with Crippen molar-refractivity contribution >= 4 is 37.4 Å². The molecule has 3 rings (SSSR count). The molecule has 0 saturated carbocycles. The summed E-state index contributed by atoms with van der Waals surface area (Å²) >= 11 is 1.04. The monoisotopic (exact) mass is 322 g/mol. The van der Waals surface area contributed by atoms with E-state index in [4.69, 9.17) is 5.14 Å². The van der Waals surface area contributed by atoms with E-state index < -0.39 is 10.0 Å². The molecule has 8 heteroatoms. The lowest BCUT2D eigenvalue weighted by Crippen LogP contribution is -2.09. The standard InChI is InChI=1S/C13H14N4O2S2/c14-21(18,19)12-8-17-13(20-12)15-6-5-9-7-16-11-4-2-1-3-10(9)11/h1-4,7-8,16H,5-6H2,(H,15,17)(H2,14,18,19). The minimum absolute atomic E-state index is 0.0668. The number of sulfonamides is 1. The number of H-pyrrole nitrogens is 1. The van der Waals surface area contributed by atoms with E-state index in [0.29, 0.717) is 11.7 Å². The quantitative estimate of drug-likeness (QED) is 0.668. The van der Waals surface area contributed by atoms with Crippen LogP contribution in [0.25, 0.3) is 10.9 Å². The first-order valence-electron chi connectivity index (χ1n) is 6.31. The predicted octanol–water partition coefficient (Wildman–Crippen LogP) is 1.93. The van der Waals surface area contributed by atoms with Gasteiger partial charge in [-0.3, -0.25) is 0 Å². The Morgan fingerprint density at radius 3 is 2.90 bits per heavy atom. The molecule has 2 heterocycles. The second kappa shape index (κ2) is 5.47. The lowest BCUT2D eigenvalue weighted by atomic mass is 10.1. The highest BCUT2D eigenvalue weighted by Crippen LogP contribution is 2.22. The number of aromatic amines is 1. The number of rotatable bonds is 5. The number of hydrogen-bond acceptors (Lipinski definition) is 5. The molecule has 0 spiro atoms. The molecule has 0 radical (unpaired) electrons. The first kappa shape index (κ1) is 14.1. The fourth-order valence-corrected chi connectivity index (χ4v) is 3.59. The van der Waals surface area contributed by atoms with E-state index in [0.717, 1.165) is 23.3 Å². The Labute approximate surface area is 126 Å². The first-order chi connectivity index (χ1) is 10.0. The molecule has 6 nitrogen and oxygen atoms in total. The average molecular weight is 322 g/mol. The molecule has 1 aromatic carbocycles. The van der Waals surface area contributed by atoms with Gasteiger partial charge in [-0.25, -0.2) is 18.5 Å². The van der Waals surface area contributed by atoms with Crippen LogP contribution in [-0.2, 0) is 16.4 Å². The Morgan fingerprint density at radius 2 is 2.14 bits per heavy atom. The summed E-state index contributed by atoms with van der Waals surface area (Å²) in [4.78, 5) is 7.23. The lowest BCUT2D eigenvalue weighted by molar-refractivity contribution is 0.599. The zero-order valence-corrected chi connectivity index (χ0v) is 12.7. The van der Waals surface area contributed by atoms with Crippen molar-refractivity contribution in [2.45, 2.75) is 10.6 Å². The molecule has 0 unspecified atom stereocenters. The number of para-hydroxylation sites is 1. The minimum atomic E-state index is -3.67. The van der Waals surface area contributed by atoms with Gasteiger partial charge in [0.1, 0.15) is 0 Å². The molecule has 2 aromatic heterocycles. The largest absolute Gasteiger partial charge is 0.361 e. The fraction of sp³-hybridized carbons (Fsp3) is 0.154. The van der Waals surface area contributed by atoms with Crippen molar-refractivity contribution < 1.29 is 8.42 Å². The van der Waals surface area contributed by atoms with Gasteiger partial charge in [0, 0.05) is 23.6 Å². The second-order valence-electron chi connectivity index (χ2n) is 4.57. The van der Waals surface area contributed by atoms with E-state index in [2.05, 4.69) is 21.4 Å². The number of nitrogens with two attached hydrogens (primary N) is 1. The number of nitrogens with one attached hydrogen (secondary N) is 2. The Hall–Kier alpha value is -1.90. The molecule has 0 aliphatic heterocycles. The Bertz CT molecular complexity index is 867. The molecule has 0 saturated heterocycles. The summed E-state index contributed by atoms with van der Waals surface area (Å²) in [7, 11) is -3.67. The maximum Gasteiger partial charge on any atom is 0.249 e. The summed E-state index contributed by atoms with van der Waals surface area (Å²) in [6, 6.07) is 8.10. The van der Waals surface area contributed by atoms with Crippen molar-refractivity contribution in [1.29, 1.82) is 0 Å². The average Bonchev–Trinajstić information content (AvgIpc) is 3.06. The normalized spacial score (nSPS) is 11.9. The number of anilines is 1. The van der Waals surface area contributed by atoms with E-state index in [-0.39, 0.29) is 4.21 Å². The fourth-order valence-electron chi connectivity index (χ4n) is 2.12. The number of thiazole rings is 1. The Kier molecular flexibility index (Phi) is 3.66. The second-order valence-corrected chi connectivity index (χ2v) is 7.38. The van der Waals surface area contributed by atoms with Gasteiger partial charge in [0.2, 0.25) is 10.0 Å². The molecule has 0 aliphatic carbocycles. The maximum absolute atomic E-state index is 11.2. The molecular weight excluding hydrogens is 308 g/mol. The highest BCUT2D eigenvalue weighted by Gasteiger charge is 2.12. The smallest absolute Gasteiger partial charge is 0.249 e. The third kappa shape index (κ3) is 3.07. The molecule has 110 valence electrons. The van der Waals surface area contributed by atoms with Crippen LogP contribution >= 0.6 is 11.3 Å². The lowest BCUT2D eigenvalue weighted by Gasteiger charge is -2.01. The number of primary sulfonamides is 1. The highest BCUT2D eigenvalue weighted by molar-refractivity contribution is 7.91. The number of fused-ring (bicyclic) bond motifs is 1. The van der Waals surface area contributed by atoms with E-state index in [1.165, 1.54) is 17.1 Å². The van der Waals surface area contributed by atoms with Crippen molar-refractivity contribution in [3.05, 3.63) is 42.2 Å². The van der Waals surface area contributed by atoms with Gasteiger partial charge in [0.05, 0.1) is 6.20 Å². The third-order valence-corrected chi connectivity index (χ3v) is 5.47. The third-order valence-electron chi connectivity index (χ3n) is 3.11. The van der Waals surface area contributed by atoms with Crippen LogP contribution in [0.3, 0.4) is 0 Å². The van der Waals surface area contributed by atoms with Gasteiger partial charge in [-0.05, 0) is 18.1 Å². The van der Waals surface area contributed by atoms with Gasteiger partial charge in [0.15, 0.2) is 9.34 Å². The van der Waals surface area contributed by atoms with Crippen molar-refractivity contribution in [2.24, 2.45) is 5.14 Å². The van der Waals surface area contributed by atoms with Crippen LogP contribution in [0, 0.1) is 0 Å². The van der Waals surface area contributed by atoms with Crippen molar-refractivity contribution in [3.63, 3.8) is 0 Å². The van der Waals surface area contributed by atoms with Gasteiger partial charge >= 0.3 is 0 Å². The Morgan fingerprint density at radius 1 is 1.33 bits per heavy atom. The maximum atomic E-state index is 11.2. The topological polar surface area (TPSA) is 101 Å². The molecule has 0 fully saturated rings. The predicted molar refractivity (Wildman–Crippen MR) is 84.0 cm³/mol. The van der Waals surface area contributed by atoms with Gasteiger partial charge in [-0.2, -0.15) is 0 Å². The van der Waals surface area contributed by atoms with Crippen LogP contribution in [0.5, 0.6) is 0 Å². The first-order valence-corrected chi connectivity index (χ1v) is 8.68. The molecule has 4 N–H and O–H groups in total. The number of benzene rings is 1. The molecule has 0 bridgehead atoms. The van der Waals surface area contributed by atoms with Gasteiger partial charge in [-0.15, -0.1) is 0 Å². The van der Waals surface area contributed by atoms with Crippen LogP contribution < -0.4 is 10.5 Å². The minimum Gasteiger partial charge on any atom is -0.361 e. The molecule has 3 aromatic rings. The van der Waals surface area contributed by atoms with Gasteiger partial charge < -0.3 is 10.3 Å². The van der Waals surface area contributed by atoms with Crippen LogP contribution in [-0.4, -0.2) is 24.9 Å². The van der Waals surface area contributed by atoms with Crippen LogP contribution in [0.1, 0.15) is 5.56 Å². The van der Waals surface area contributed by atoms with Gasteiger partial charge in [0.25, 0.3) is 0 Å². The summed E-state index contributed by atoms with van der Waals surface area (Å²) in [6.45, 7) is 0.666. The molecule has 0 amide bonds. The summed E-state index contributed by atoms with van der Waals surface area (Å²) in [5.41, 5.74) is 2.32. The van der Waals surface area contributed by atoms with Crippen molar-refractivity contribution in [3.8, 4) is 0 Å². The van der Waals surface area contributed by atoms with E-state index >= 15 is 0 Å². The van der Waals surface area contributed by atoms with Gasteiger partial charge in [-0.1, -0.05) is 29.5 Å². The van der Waals surface area contributed by atoms with E-state index in [9.17, 15) is 8.42 Å².